The van der Waals surface area contributed by atoms with Crippen molar-refractivity contribution < 1.29 is 9.47 Å². The van der Waals surface area contributed by atoms with Crippen molar-refractivity contribution in [3.8, 4) is 11.5 Å². The van der Waals surface area contributed by atoms with Crippen molar-refractivity contribution in [2.45, 2.75) is 19.2 Å². The molecule has 2 atom stereocenters. The molecule has 1 aliphatic rings. The zero-order valence-electron chi connectivity index (χ0n) is 11.6. The lowest BCUT2D eigenvalue weighted by Crippen LogP contribution is -2.12. The Morgan fingerprint density at radius 3 is 2.60 bits per heavy atom. The highest BCUT2D eigenvalue weighted by molar-refractivity contribution is 7.12. The fraction of sp³-hybridized carbons (Fsp3) is 0.375. The molecule has 0 N–H and O–H groups in total. The van der Waals surface area contributed by atoms with Gasteiger partial charge in [-0.15, -0.1) is 22.9 Å². The molecule has 2 unspecified atom stereocenters. The molecule has 1 aromatic carbocycles. The van der Waals surface area contributed by atoms with E-state index in [0.29, 0.717) is 19.1 Å². The van der Waals surface area contributed by atoms with Gasteiger partial charge in [0.15, 0.2) is 11.5 Å². The van der Waals surface area contributed by atoms with Crippen LogP contribution in [0.3, 0.4) is 0 Å². The predicted octanol–water partition coefficient (Wildman–Crippen LogP) is 4.79. The minimum absolute atomic E-state index is 0.136. The van der Waals surface area contributed by atoms with Crippen molar-refractivity contribution in [2.24, 2.45) is 5.92 Å². The molecule has 0 fully saturated rings. The molecule has 4 heteroatoms. The Balaban J connectivity index is 1.88. The lowest BCUT2D eigenvalue weighted by molar-refractivity contribution is 0.228. The summed E-state index contributed by atoms with van der Waals surface area (Å²) in [5, 5.41) is -0.136. The van der Waals surface area contributed by atoms with Gasteiger partial charge in [0.25, 0.3) is 0 Å². The van der Waals surface area contributed by atoms with E-state index in [2.05, 4.69) is 26.0 Å². The molecule has 0 radical (unpaired) electrons. The summed E-state index contributed by atoms with van der Waals surface area (Å²) >= 11 is 8.30. The quantitative estimate of drug-likeness (QED) is 0.742. The number of alkyl halides is 1. The zero-order valence-corrected chi connectivity index (χ0v) is 13.1. The molecule has 0 bridgehead atoms. The average molecular weight is 309 g/mol. The minimum atomic E-state index is -0.136. The molecule has 0 saturated heterocycles. The van der Waals surface area contributed by atoms with Crippen LogP contribution in [0.4, 0.5) is 0 Å². The third kappa shape index (κ3) is 2.79. The van der Waals surface area contributed by atoms with Gasteiger partial charge in [-0.3, -0.25) is 0 Å². The Labute approximate surface area is 128 Å². The van der Waals surface area contributed by atoms with Crippen molar-refractivity contribution >= 4 is 22.9 Å². The molecule has 2 heterocycles. The van der Waals surface area contributed by atoms with Gasteiger partial charge in [0.05, 0.1) is 18.6 Å². The maximum absolute atomic E-state index is 6.57. The molecule has 2 nitrogen and oxygen atoms in total. The summed E-state index contributed by atoms with van der Waals surface area (Å²) in [6, 6.07) is 10.2. The summed E-state index contributed by atoms with van der Waals surface area (Å²) < 4.78 is 11.6. The molecule has 0 spiro atoms. The van der Waals surface area contributed by atoms with Crippen molar-refractivity contribution in [1.29, 1.82) is 0 Å². The first-order valence-corrected chi connectivity index (χ1v) is 7.98. The molecule has 3 rings (SSSR count). The van der Waals surface area contributed by atoms with Gasteiger partial charge in [0.2, 0.25) is 0 Å². The SMILES string of the molecule is Cc1ccc(C(Cl)c2ccc3c(c2)OCC(C)CO3)s1. The number of halogens is 1. The number of rotatable bonds is 2. The molecule has 1 aromatic heterocycles. The van der Waals surface area contributed by atoms with Crippen LogP contribution >= 0.6 is 22.9 Å². The molecular weight excluding hydrogens is 292 g/mol. The number of thiophene rings is 1. The van der Waals surface area contributed by atoms with Crippen LogP contribution in [-0.4, -0.2) is 13.2 Å². The first-order chi connectivity index (χ1) is 9.63. The van der Waals surface area contributed by atoms with Gasteiger partial charge >= 0.3 is 0 Å². The predicted molar refractivity (Wildman–Crippen MR) is 83.3 cm³/mol. The number of aryl methyl sites for hydroxylation is 1. The summed E-state index contributed by atoms with van der Waals surface area (Å²) in [7, 11) is 0. The zero-order chi connectivity index (χ0) is 14.1. The molecule has 1 aliphatic heterocycles. The van der Waals surface area contributed by atoms with Gasteiger partial charge < -0.3 is 9.47 Å². The molecule has 0 saturated carbocycles. The minimum Gasteiger partial charge on any atom is -0.489 e. The van der Waals surface area contributed by atoms with Crippen LogP contribution in [0.1, 0.15) is 27.6 Å². The second-order valence-electron chi connectivity index (χ2n) is 5.24. The van der Waals surface area contributed by atoms with Crippen LogP contribution in [-0.2, 0) is 0 Å². The van der Waals surface area contributed by atoms with E-state index in [0.717, 1.165) is 21.9 Å². The first kappa shape index (κ1) is 13.8. The maximum atomic E-state index is 6.57. The van der Waals surface area contributed by atoms with Crippen molar-refractivity contribution in [1.82, 2.24) is 0 Å². The maximum Gasteiger partial charge on any atom is 0.161 e. The summed E-state index contributed by atoms with van der Waals surface area (Å²) in [5.74, 6) is 2.01. The van der Waals surface area contributed by atoms with Crippen LogP contribution in [0.2, 0.25) is 0 Å². The van der Waals surface area contributed by atoms with Gasteiger partial charge in [-0.1, -0.05) is 13.0 Å². The highest BCUT2D eigenvalue weighted by Crippen LogP contribution is 2.38. The van der Waals surface area contributed by atoms with E-state index in [4.69, 9.17) is 21.1 Å². The third-order valence-corrected chi connectivity index (χ3v) is 5.00. The monoisotopic (exact) mass is 308 g/mol. The smallest absolute Gasteiger partial charge is 0.161 e. The van der Waals surface area contributed by atoms with Crippen LogP contribution in [0.5, 0.6) is 11.5 Å². The topological polar surface area (TPSA) is 18.5 Å². The molecule has 0 aliphatic carbocycles. The first-order valence-electron chi connectivity index (χ1n) is 6.73. The molecule has 20 heavy (non-hydrogen) atoms. The van der Waals surface area contributed by atoms with Gasteiger partial charge in [0.1, 0.15) is 0 Å². The highest BCUT2D eigenvalue weighted by atomic mass is 35.5. The third-order valence-electron chi connectivity index (χ3n) is 3.32. The number of fused-ring (bicyclic) bond motifs is 1. The molecular formula is C16H17ClO2S. The number of hydrogen-bond donors (Lipinski definition) is 0. The number of hydrogen-bond acceptors (Lipinski definition) is 3. The lowest BCUT2D eigenvalue weighted by atomic mass is 10.1. The Hall–Kier alpha value is -1.19. The fourth-order valence-corrected chi connectivity index (χ4v) is 3.41. The summed E-state index contributed by atoms with van der Waals surface area (Å²) in [4.78, 5) is 2.43. The Morgan fingerprint density at radius 2 is 1.90 bits per heavy atom. The average Bonchev–Trinajstić information content (AvgIpc) is 2.80. The van der Waals surface area contributed by atoms with E-state index < -0.39 is 0 Å². The summed E-state index contributed by atoms with van der Waals surface area (Å²) in [5.41, 5.74) is 1.05. The van der Waals surface area contributed by atoms with E-state index in [-0.39, 0.29) is 5.38 Å². The van der Waals surface area contributed by atoms with Crippen LogP contribution in [0.15, 0.2) is 30.3 Å². The van der Waals surface area contributed by atoms with E-state index in [9.17, 15) is 0 Å². The molecule has 2 aromatic rings. The van der Waals surface area contributed by atoms with Gasteiger partial charge in [-0.2, -0.15) is 0 Å². The van der Waals surface area contributed by atoms with E-state index in [1.54, 1.807) is 11.3 Å². The largest absolute Gasteiger partial charge is 0.489 e. The normalized spacial score (nSPS) is 19.4. The van der Waals surface area contributed by atoms with Gasteiger partial charge in [0, 0.05) is 15.7 Å². The van der Waals surface area contributed by atoms with E-state index in [1.807, 2.05) is 18.2 Å². The molecule has 106 valence electrons. The van der Waals surface area contributed by atoms with Crippen LogP contribution in [0.25, 0.3) is 0 Å². The Morgan fingerprint density at radius 1 is 1.15 bits per heavy atom. The fourth-order valence-electron chi connectivity index (χ4n) is 2.18. The number of benzene rings is 1. The lowest BCUT2D eigenvalue weighted by Gasteiger charge is -2.12. The molecule has 0 amide bonds. The van der Waals surface area contributed by atoms with Crippen molar-refractivity contribution in [2.75, 3.05) is 13.2 Å². The van der Waals surface area contributed by atoms with Gasteiger partial charge in [-0.25, -0.2) is 0 Å². The van der Waals surface area contributed by atoms with E-state index >= 15 is 0 Å². The van der Waals surface area contributed by atoms with Crippen LogP contribution < -0.4 is 9.47 Å². The van der Waals surface area contributed by atoms with Gasteiger partial charge in [-0.05, 0) is 36.8 Å². The Kier molecular flexibility index (Phi) is 3.90. The number of ether oxygens (including phenoxy) is 2. The standard InChI is InChI=1S/C16H17ClO2S/c1-10-8-18-13-5-4-12(7-14(13)19-9-10)16(17)15-6-3-11(2)20-15/h3-7,10,16H,8-9H2,1-2H3. The second-order valence-corrected chi connectivity index (χ2v) is 7.00. The van der Waals surface area contributed by atoms with E-state index in [1.165, 1.54) is 4.88 Å². The van der Waals surface area contributed by atoms with Crippen molar-refractivity contribution in [3.63, 3.8) is 0 Å². The summed E-state index contributed by atoms with van der Waals surface area (Å²) in [6.07, 6.45) is 0. The van der Waals surface area contributed by atoms with Crippen molar-refractivity contribution in [3.05, 3.63) is 45.6 Å². The summed E-state index contributed by atoms with van der Waals surface area (Å²) in [6.45, 7) is 5.58. The van der Waals surface area contributed by atoms with Crippen LogP contribution in [0, 0.1) is 12.8 Å². The highest BCUT2D eigenvalue weighted by Gasteiger charge is 2.19. The Bertz CT molecular complexity index is 608. The second kappa shape index (κ2) is 5.66.